The van der Waals surface area contributed by atoms with Gasteiger partial charge >= 0.3 is 0 Å². The van der Waals surface area contributed by atoms with Gasteiger partial charge < -0.3 is 9.47 Å². The van der Waals surface area contributed by atoms with Gasteiger partial charge in [-0.2, -0.15) is 0 Å². The minimum atomic E-state index is -0.412. The van der Waals surface area contributed by atoms with Crippen LogP contribution in [0.1, 0.15) is 20.7 Å². The van der Waals surface area contributed by atoms with E-state index in [9.17, 15) is 4.79 Å². The molecule has 0 heterocycles. The molecule has 0 aromatic heterocycles. The first-order valence-corrected chi connectivity index (χ1v) is 7.04. The lowest BCUT2D eigenvalue weighted by molar-refractivity contribution is 0.0991. The van der Waals surface area contributed by atoms with E-state index in [1.54, 1.807) is 38.5 Å². The van der Waals surface area contributed by atoms with Gasteiger partial charge in [0.05, 0.1) is 14.2 Å². The van der Waals surface area contributed by atoms with Crippen molar-refractivity contribution in [3.05, 3.63) is 59.7 Å². The Labute approximate surface area is 126 Å². The highest BCUT2D eigenvalue weighted by molar-refractivity contribution is 9.09. The number of halogens is 1. The minimum Gasteiger partial charge on any atom is -0.493 e. The summed E-state index contributed by atoms with van der Waals surface area (Å²) >= 11 is 3.45. The molecular formula is C16H15BrO3. The van der Waals surface area contributed by atoms with E-state index in [1.165, 1.54) is 0 Å². The molecule has 20 heavy (non-hydrogen) atoms. The number of benzene rings is 2. The number of carbonyl (C=O) groups is 1. The summed E-state index contributed by atoms with van der Waals surface area (Å²) in [5, 5.41) is 0. The van der Waals surface area contributed by atoms with E-state index in [-0.39, 0.29) is 5.78 Å². The molecule has 0 aliphatic carbocycles. The number of hydrogen-bond donors (Lipinski definition) is 0. The molecule has 0 bridgehead atoms. The van der Waals surface area contributed by atoms with Crippen LogP contribution in [0.3, 0.4) is 0 Å². The third kappa shape index (κ3) is 3.02. The van der Waals surface area contributed by atoms with Crippen molar-refractivity contribution in [2.75, 3.05) is 14.2 Å². The highest BCUT2D eigenvalue weighted by atomic mass is 79.9. The molecule has 4 heteroatoms. The minimum absolute atomic E-state index is 0.0119. The van der Waals surface area contributed by atoms with Crippen LogP contribution in [0.4, 0.5) is 0 Å². The van der Waals surface area contributed by atoms with E-state index < -0.39 is 4.83 Å². The van der Waals surface area contributed by atoms with Gasteiger partial charge in [0.15, 0.2) is 17.3 Å². The SMILES string of the molecule is COc1ccc(C(Br)C(=O)c2ccccc2)cc1OC. The summed E-state index contributed by atoms with van der Waals surface area (Å²) in [6, 6.07) is 14.6. The van der Waals surface area contributed by atoms with Gasteiger partial charge in [-0.25, -0.2) is 0 Å². The lowest BCUT2D eigenvalue weighted by Gasteiger charge is -2.13. The zero-order chi connectivity index (χ0) is 14.5. The number of methoxy groups -OCH3 is 2. The van der Waals surface area contributed by atoms with Gasteiger partial charge in [-0.05, 0) is 17.7 Å². The second kappa shape index (κ2) is 6.57. The van der Waals surface area contributed by atoms with Crippen molar-refractivity contribution in [1.82, 2.24) is 0 Å². The monoisotopic (exact) mass is 334 g/mol. The quantitative estimate of drug-likeness (QED) is 0.611. The standard InChI is InChI=1S/C16H15BrO3/c1-19-13-9-8-12(10-14(13)20-2)15(17)16(18)11-6-4-3-5-7-11/h3-10,15H,1-2H3. The van der Waals surface area contributed by atoms with E-state index in [0.29, 0.717) is 17.1 Å². The molecule has 0 aliphatic rings. The van der Waals surface area contributed by atoms with Gasteiger partial charge in [-0.15, -0.1) is 0 Å². The van der Waals surface area contributed by atoms with E-state index in [0.717, 1.165) is 5.56 Å². The Morgan fingerprint density at radius 3 is 2.25 bits per heavy atom. The predicted molar refractivity (Wildman–Crippen MR) is 82.0 cm³/mol. The molecule has 0 amide bonds. The molecule has 0 spiro atoms. The van der Waals surface area contributed by atoms with Crippen LogP contribution in [0, 0.1) is 0 Å². The Hall–Kier alpha value is -1.81. The molecule has 0 saturated heterocycles. The number of Topliss-reactive ketones (excluding diaryl/α,β-unsaturated/α-hetero) is 1. The Kier molecular flexibility index (Phi) is 4.79. The molecule has 104 valence electrons. The van der Waals surface area contributed by atoms with Crippen LogP contribution in [-0.2, 0) is 0 Å². The summed E-state index contributed by atoms with van der Waals surface area (Å²) in [7, 11) is 3.15. The summed E-state index contributed by atoms with van der Waals surface area (Å²) in [6.45, 7) is 0. The summed E-state index contributed by atoms with van der Waals surface area (Å²) in [5.74, 6) is 1.26. The van der Waals surface area contributed by atoms with Gasteiger partial charge in [0.25, 0.3) is 0 Å². The Balaban J connectivity index is 2.29. The molecular weight excluding hydrogens is 320 g/mol. The van der Waals surface area contributed by atoms with Crippen molar-refractivity contribution >= 4 is 21.7 Å². The third-order valence-electron chi connectivity index (χ3n) is 2.99. The lowest BCUT2D eigenvalue weighted by atomic mass is 10.0. The Bertz CT molecular complexity index is 596. The van der Waals surface area contributed by atoms with E-state index >= 15 is 0 Å². The van der Waals surface area contributed by atoms with Crippen LogP contribution in [0.5, 0.6) is 11.5 Å². The molecule has 0 fully saturated rings. The zero-order valence-electron chi connectivity index (χ0n) is 11.3. The molecule has 2 aromatic carbocycles. The van der Waals surface area contributed by atoms with Crippen LogP contribution >= 0.6 is 15.9 Å². The summed E-state index contributed by atoms with van der Waals surface area (Å²) in [4.78, 5) is 12.0. The van der Waals surface area contributed by atoms with Gasteiger partial charge in [-0.3, -0.25) is 4.79 Å². The van der Waals surface area contributed by atoms with Crippen molar-refractivity contribution in [2.24, 2.45) is 0 Å². The topological polar surface area (TPSA) is 35.5 Å². The van der Waals surface area contributed by atoms with Crippen LogP contribution in [-0.4, -0.2) is 20.0 Å². The smallest absolute Gasteiger partial charge is 0.180 e. The normalized spacial score (nSPS) is 11.8. The fraction of sp³-hybridized carbons (Fsp3) is 0.188. The molecule has 0 saturated carbocycles. The van der Waals surface area contributed by atoms with Crippen molar-refractivity contribution in [1.29, 1.82) is 0 Å². The van der Waals surface area contributed by atoms with Crippen LogP contribution in [0.25, 0.3) is 0 Å². The fourth-order valence-electron chi connectivity index (χ4n) is 1.91. The average molecular weight is 335 g/mol. The number of carbonyl (C=O) groups excluding carboxylic acids is 1. The lowest BCUT2D eigenvalue weighted by Crippen LogP contribution is -2.07. The van der Waals surface area contributed by atoms with Gasteiger partial charge in [0.1, 0.15) is 4.83 Å². The van der Waals surface area contributed by atoms with Crippen LogP contribution in [0.15, 0.2) is 48.5 Å². The number of ether oxygens (including phenoxy) is 2. The number of hydrogen-bond acceptors (Lipinski definition) is 3. The predicted octanol–water partition coefficient (Wildman–Crippen LogP) is 4.02. The summed E-state index contributed by atoms with van der Waals surface area (Å²) < 4.78 is 10.4. The molecule has 0 aliphatic heterocycles. The van der Waals surface area contributed by atoms with Crippen molar-refractivity contribution < 1.29 is 14.3 Å². The highest BCUT2D eigenvalue weighted by Gasteiger charge is 2.20. The Morgan fingerprint density at radius 2 is 1.65 bits per heavy atom. The average Bonchev–Trinajstić information content (AvgIpc) is 2.53. The maximum Gasteiger partial charge on any atom is 0.180 e. The second-order valence-electron chi connectivity index (χ2n) is 4.21. The number of alkyl halides is 1. The molecule has 2 aromatic rings. The number of rotatable bonds is 5. The van der Waals surface area contributed by atoms with E-state index in [1.807, 2.05) is 24.3 Å². The molecule has 0 radical (unpaired) electrons. The molecule has 1 atom stereocenters. The van der Waals surface area contributed by atoms with Crippen molar-refractivity contribution in [2.45, 2.75) is 4.83 Å². The summed E-state index contributed by atoms with van der Waals surface area (Å²) in [6.07, 6.45) is 0. The van der Waals surface area contributed by atoms with Crippen LogP contribution < -0.4 is 9.47 Å². The van der Waals surface area contributed by atoms with Crippen LogP contribution in [0.2, 0.25) is 0 Å². The van der Waals surface area contributed by atoms with E-state index in [4.69, 9.17) is 9.47 Å². The Morgan fingerprint density at radius 1 is 1.00 bits per heavy atom. The first-order valence-electron chi connectivity index (χ1n) is 6.12. The first-order chi connectivity index (χ1) is 9.67. The molecule has 2 rings (SSSR count). The second-order valence-corrected chi connectivity index (χ2v) is 5.12. The zero-order valence-corrected chi connectivity index (χ0v) is 12.9. The summed E-state index contributed by atoms with van der Waals surface area (Å²) in [5.41, 5.74) is 1.50. The van der Waals surface area contributed by atoms with Gasteiger partial charge in [-0.1, -0.05) is 52.3 Å². The third-order valence-corrected chi connectivity index (χ3v) is 3.93. The molecule has 3 nitrogen and oxygen atoms in total. The number of ketones is 1. The maximum atomic E-state index is 12.4. The van der Waals surface area contributed by atoms with Crippen molar-refractivity contribution in [3.8, 4) is 11.5 Å². The molecule has 1 unspecified atom stereocenters. The van der Waals surface area contributed by atoms with E-state index in [2.05, 4.69) is 15.9 Å². The maximum absolute atomic E-state index is 12.4. The largest absolute Gasteiger partial charge is 0.493 e. The highest BCUT2D eigenvalue weighted by Crippen LogP contribution is 2.34. The van der Waals surface area contributed by atoms with Gasteiger partial charge in [0.2, 0.25) is 0 Å². The first kappa shape index (κ1) is 14.6. The fourth-order valence-corrected chi connectivity index (χ4v) is 2.46. The molecule has 0 N–H and O–H groups in total. The van der Waals surface area contributed by atoms with Crippen molar-refractivity contribution in [3.63, 3.8) is 0 Å². The van der Waals surface area contributed by atoms with Gasteiger partial charge in [0, 0.05) is 5.56 Å².